The number of carbonyl (C=O) groups excluding carboxylic acids is 1. The minimum atomic E-state index is -0.799. The van der Waals surface area contributed by atoms with Gasteiger partial charge in [-0.1, -0.05) is 18.2 Å². The molecule has 1 amide bonds. The number of nitrogens with zero attached hydrogens (tertiary/aromatic N) is 2. The Morgan fingerprint density at radius 2 is 2.08 bits per heavy atom. The molecule has 25 heavy (non-hydrogen) atoms. The van der Waals surface area contributed by atoms with Crippen molar-refractivity contribution in [2.45, 2.75) is 25.3 Å². The molecule has 0 fully saturated rings. The lowest BCUT2D eigenvalue weighted by Gasteiger charge is -2.17. The fraction of sp³-hybridized carbons (Fsp3) is 0.316. The topological polar surface area (TPSA) is 84.2 Å². The first-order valence-electron chi connectivity index (χ1n) is 7.99. The second-order valence-corrected chi connectivity index (χ2v) is 5.39. The number of nitriles is 1. The van der Waals surface area contributed by atoms with E-state index in [1.54, 1.807) is 24.4 Å². The van der Waals surface area contributed by atoms with E-state index in [-0.39, 0.29) is 5.91 Å². The van der Waals surface area contributed by atoms with E-state index >= 15 is 0 Å². The highest BCUT2D eigenvalue weighted by Gasteiger charge is 2.20. The predicted molar refractivity (Wildman–Crippen MR) is 93.2 cm³/mol. The van der Waals surface area contributed by atoms with Crippen LogP contribution in [0.5, 0.6) is 11.5 Å². The maximum atomic E-state index is 12.2. The molecule has 6 heteroatoms. The van der Waals surface area contributed by atoms with Crippen molar-refractivity contribution in [3.8, 4) is 17.6 Å². The highest BCUT2D eigenvalue weighted by molar-refractivity contribution is 5.77. The molecule has 0 saturated heterocycles. The number of methoxy groups -OCH3 is 2. The quantitative estimate of drug-likeness (QED) is 0.799. The molecule has 130 valence electrons. The number of hydrogen-bond donors (Lipinski definition) is 1. The van der Waals surface area contributed by atoms with Crippen LogP contribution >= 0.6 is 0 Å². The van der Waals surface area contributed by atoms with Crippen LogP contribution in [0.4, 0.5) is 0 Å². The van der Waals surface area contributed by atoms with E-state index in [9.17, 15) is 10.1 Å². The summed E-state index contributed by atoms with van der Waals surface area (Å²) in [6, 6.07) is 12.2. The van der Waals surface area contributed by atoms with Gasteiger partial charge in [0.1, 0.15) is 6.04 Å². The van der Waals surface area contributed by atoms with Gasteiger partial charge in [0.15, 0.2) is 11.5 Å². The fourth-order valence-electron chi connectivity index (χ4n) is 2.53. The maximum absolute atomic E-state index is 12.2. The van der Waals surface area contributed by atoms with E-state index in [4.69, 9.17) is 9.47 Å². The van der Waals surface area contributed by atoms with E-state index in [1.165, 1.54) is 14.2 Å². The summed E-state index contributed by atoms with van der Waals surface area (Å²) in [6.07, 6.45) is 3.43. The molecule has 1 atom stereocenters. The number of nitrogens with one attached hydrogen (secondary N) is 1. The molecule has 1 heterocycles. The number of hydrogen-bond acceptors (Lipinski definition) is 5. The number of para-hydroxylation sites is 1. The van der Waals surface area contributed by atoms with Crippen LogP contribution in [0, 0.1) is 11.3 Å². The Hall–Kier alpha value is -3.07. The van der Waals surface area contributed by atoms with Crippen molar-refractivity contribution < 1.29 is 14.3 Å². The van der Waals surface area contributed by atoms with E-state index < -0.39 is 6.04 Å². The number of aryl methyl sites for hydroxylation is 1. The molecule has 0 aliphatic rings. The van der Waals surface area contributed by atoms with Gasteiger partial charge in [-0.25, -0.2) is 0 Å². The van der Waals surface area contributed by atoms with Crippen molar-refractivity contribution in [3.63, 3.8) is 0 Å². The summed E-state index contributed by atoms with van der Waals surface area (Å²) in [4.78, 5) is 16.4. The molecule has 0 aliphatic heterocycles. The summed E-state index contributed by atoms with van der Waals surface area (Å²) < 4.78 is 10.6. The third kappa shape index (κ3) is 4.95. The molecule has 0 aliphatic carbocycles. The Morgan fingerprint density at radius 3 is 2.72 bits per heavy atom. The van der Waals surface area contributed by atoms with E-state index in [2.05, 4.69) is 16.4 Å². The Labute approximate surface area is 147 Å². The van der Waals surface area contributed by atoms with Crippen LogP contribution in [-0.2, 0) is 11.2 Å². The zero-order valence-electron chi connectivity index (χ0n) is 14.4. The number of pyridine rings is 1. The smallest absolute Gasteiger partial charge is 0.221 e. The fourth-order valence-corrected chi connectivity index (χ4v) is 2.53. The number of benzene rings is 1. The lowest BCUT2D eigenvalue weighted by atomic mass is 10.1. The molecule has 1 aromatic carbocycles. The molecule has 1 aromatic heterocycles. The first-order chi connectivity index (χ1) is 12.2. The van der Waals surface area contributed by atoms with Gasteiger partial charge in [-0.3, -0.25) is 9.78 Å². The third-order valence-corrected chi connectivity index (χ3v) is 3.74. The van der Waals surface area contributed by atoms with Crippen LogP contribution in [0.3, 0.4) is 0 Å². The van der Waals surface area contributed by atoms with Crippen molar-refractivity contribution in [1.29, 1.82) is 5.26 Å². The molecule has 0 saturated carbocycles. The Kier molecular flexibility index (Phi) is 6.78. The lowest BCUT2D eigenvalue weighted by Crippen LogP contribution is -2.27. The van der Waals surface area contributed by atoms with Gasteiger partial charge in [-0.2, -0.15) is 5.26 Å². The largest absolute Gasteiger partial charge is 0.493 e. The third-order valence-electron chi connectivity index (χ3n) is 3.74. The van der Waals surface area contributed by atoms with Crippen LogP contribution < -0.4 is 14.8 Å². The number of carbonyl (C=O) groups is 1. The summed E-state index contributed by atoms with van der Waals surface area (Å²) in [6.45, 7) is 0. The van der Waals surface area contributed by atoms with Gasteiger partial charge >= 0.3 is 0 Å². The summed E-state index contributed by atoms with van der Waals surface area (Å²) in [5, 5.41) is 12.2. The van der Waals surface area contributed by atoms with Crippen molar-refractivity contribution in [2.75, 3.05) is 14.2 Å². The summed E-state index contributed by atoms with van der Waals surface area (Å²) in [5.41, 5.74) is 1.52. The van der Waals surface area contributed by atoms with E-state index in [1.807, 2.05) is 18.2 Å². The van der Waals surface area contributed by atoms with Gasteiger partial charge in [0.25, 0.3) is 0 Å². The van der Waals surface area contributed by atoms with Crippen LogP contribution in [0.25, 0.3) is 0 Å². The summed E-state index contributed by atoms with van der Waals surface area (Å²) in [7, 11) is 3.03. The van der Waals surface area contributed by atoms with Crippen molar-refractivity contribution in [1.82, 2.24) is 10.3 Å². The van der Waals surface area contributed by atoms with Crippen molar-refractivity contribution in [3.05, 3.63) is 53.9 Å². The number of ether oxygens (including phenoxy) is 2. The van der Waals surface area contributed by atoms with Crippen molar-refractivity contribution >= 4 is 5.91 Å². The monoisotopic (exact) mass is 339 g/mol. The second-order valence-electron chi connectivity index (χ2n) is 5.39. The molecule has 6 nitrogen and oxygen atoms in total. The highest BCUT2D eigenvalue weighted by Crippen LogP contribution is 2.34. The molecule has 0 radical (unpaired) electrons. The molecular formula is C19H21N3O3. The molecule has 2 rings (SSSR count). The molecule has 0 bridgehead atoms. The van der Waals surface area contributed by atoms with Crippen LogP contribution in [0.1, 0.15) is 30.1 Å². The maximum Gasteiger partial charge on any atom is 0.221 e. The first kappa shape index (κ1) is 18.3. The van der Waals surface area contributed by atoms with Crippen LogP contribution in [0.15, 0.2) is 42.6 Å². The average molecular weight is 339 g/mol. The number of aromatic nitrogens is 1. The van der Waals surface area contributed by atoms with Crippen LogP contribution in [-0.4, -0.2) is 25.1 Å². The standard InChI is InChI=1S/C19H21N3O3/c1-24-17-10-6-9-15(19(17)25-2)16(13-20)22-18(23)11-5-8-14-7-3-4-12-21-14/h3-4,6-7,9-10,12,16H,5,8,11H2,1-2H3,(H,22,23). The van der Waals surface area contributed by atoms with Gasteiger partial charge in [0.05, 0.1) is 20.3 Å². The Bertz CT molecular complexity index is 741. The number of amides is 1. The highest BCUT2D eigenvalue weighted by atomic mass is 16.5. The molecule has 1 N–H and O–H groups in total. The predicted octanol–water partition coefficient (Wildman–Crippen LogP) is 2.80. The Morgan fingerprint density at radius 1 is 1.24 bits per heavy atom. The normalized spacial score (nSPS) is 11.2. The molecule has 1 unspecified atom stereocenters. The molecular weight excluding hydrogens is 318 g/mol. The molecule has 0 spiro atoms. The summed E-state index contributed by atoms with van der Waals surface area (Å²) in [5.74, 6) is 0.780. The van der Waals surface area contributed by atoms with Gasteiger partial charge < -0.3 is 14.8 Å². The first-order valence-corrected chi connectivity index (χ1v) is 7.99. The van der Waals surface area contributed by atoms with Crippen LogP contribution in [0.2, 0.25) is 0 Å². The minimum Gasteiger partial charge on any atom is -0.493 e. The van der Waals surface area contributed by atoms with E-state index in [0.29, 0.717) is 36.3 Å². The Balaban J connectivity index is 1.98. The SMILES string of the molecule is COc1cccc(C(C#N)NC(=O)CCCc2ccccn2)c1OC. The number of rotatable bonds is 8. The zero-order chi connectivity index (χ0) is 18.1. The van der Waals surface area contributed by atoms with Gasteiger partial charge in [-0.05, 0) is 31.0 Å². The minimum absolute atomic E-state index is 0.188. The second kappa shape index (κ2) is 9.28. The summed E-state index contributed by atoms with van der Waals surface area (Å²) >= 11 is 0. The van der Waals surface area contributed by atoms with Gasteiger partial charge in [-0.15, -0.1) is 0 Å². The van der Waals surface area contributed by atoms with Gasteiger partial charge in [0.2, 0.25) is 5.91 Å². The lowest BCUT2D eigenvalue weighted by molar-refractivity contribution is -0.121. The van der Waals surface area contributed by atoms with Crippen molar-refractivity contribution in [2.24, 2.45) is 0 Å². The average Bonchev–Trinajstić information content (AvgIpc) is 2.66. The molecule has 2 aromatic rings. The van der Waals surface area contributed by atoms with E-state index in [0.717, 1.165) is 5.69 Å². The zero-order valence-corrected chi connectivity index (χ0v) is 14.4. The van der Waals surface area contributed by atoms with Gasteiger partial charge in [0, 0.05) is 23.9 Å².